The summed E-state index contributed by atoms with van der Waals surface area (Å²) in [6.07, 6.45) is 2.02. The van der Waals surface area contributed by atoms with Crippen molar-refractivity contribution in [2.45, 2.75) is 77.3 Å². The zero-order valence-electron chi connectivity index (χ0n) is 18.5. The third kappa shape index (κ3) is 7.00. The number of ether oxygens (including phenoxy) is 1. The van der Waals surface area contributed by atoms with Gasteiger partial charge in [0.05, 0.1) is 11.5 Å². The number of rotatable bonds is 6. The van der Waals surface area contributed by atoms with E-state index in [-0.39, 0.29) is 23.6 Å². The average molecular weight is 426 g/mol. The van der Waals surface area contributed by atoms with Gasteiger partial charge in [-0.25, -0.2) is 4.79 Å². The van der Waals surface area contributed by atoms with E-state index in [9.17, 15) is 13.2 Å². The quantitative estimate of drug-likeness (QED) is 0.614. The van der Waals surface area contributed by atoms with Gasteiger partial charge in [-0.05, 0) is 70.9 Å². The lowest BCUT2D eigenvalue weighted by Crippen LogP contribution is -2.50. The summed E-state index contributed by atoms with van der Waals surface area (Å²) in [6, 6.07) is 6.74. The van der Waals surface area contributed by atoms with E-state index in [1.54, 1.807) is 24.3 Å². The SMILES string of the molecule is Cc1ccc(S(=O)(=O)OCC[C@@H]2CCN(C(=O)OC(C)(C)C)C(C(C)C)C2)cc1. The molecule has 1 aromatic rings. The highest BCUT2D eigenvalue weighted by atomic mass is 32.2. The smallest absolute Gasteiger partial charge is 0.410 e. The van der Waals surface area contributed by atoms with Crippen LogP contribution >= 0.6 is 0 Å². The van der Waals surface area contributed by atoms with Crippen LogP contribution in [-0.2, 0) is 19.0 Å². The van der Waals surface area contributed by atoms with Gasteiger partial charge in [-0.15, -0.1) is 0 Å². The lowest BCUT2D eigenvalue weighted by Gasteiger charge is -2.42. The highest BCUT2D eigenvalue weighted by Crippen LogP contribution is 2.31. The Balaban J connectivity index is 1.91. The zero-order chi connectivity index (χ0) is 21.8. The number of aryl methyl sites for hydroxylation is 1. The minimum absolute atomic E-state index is 0.0808. The van der Waals surface area contributed by atoms with Crippen LogP contribution in [0.3, 0.4) is 0 Å². The first-order valence-corrected chi connectivity index (χ1v) is 11.8. The van der Waals surface area contributed by atoms with Crippen LogP contribution in [0.25, 0.3) is 0 Å². The van der Waals surface area contributed by atoms with Gasteiger partial charge in [0.2, 0.25) is 0 Å². The van der Waals surface area contributed by atoms with E-state index in [2.05, 4.69) is 13.8 Å². The molecule has 0 radical (unpaired) electrons. The second-order valence-electron chi connectivity index (χ2n) is 9.25. The van der Waals surface area contributed by atoms with Crippen LogP contribution in [0.15, 0.2) is 29.2 Å². The largest absolute Gasteiger partial charge is 0.444 e. The minimum atomic E-state index is -3.74. The summed E-state index contributed by atoms with van der Waals surface area (Å²) in [6.45, 7) is 12.5. The number of hydrogen-bond acceptors (Lipinski definition) is 5. The number of nitrogens with zero attached hydrogens (tertiary/aromatic N) is 1. The van der Waals surface area contributed by atoms with Crippen LogP contribution in [0.4, 0.5) is 4.79 Å². The molecular formula is C22H35NO5S. The van der Waals surface area contributed by atoms with E-state index in [1.165, 1.54) is 0 Å². The van der Waals surface area contributed by atoms with Gasteiger partial charge in [-0.1, -0.05) is 31.5 Å². The summed E-state index contributed by atoms with van der Waals surface area (Å²) in [7, 11) is -3.74. The number of carbonyl (C=O) groups excluding carboxylic acids is 1. The Kier molecular flexibility index (Phi) is 7.74. The molecule has 1 aliphatic rings. The second-order valence-corrected chi connectivity index (χ2v) is 10.9. The summed E-state index contributed by atoms with van der Waals surface area (Å²) in [5.41, 5.74) is 0.480. The number of amides is 1. The monoisotopic (exact) mass is 425 g/mol. The van der Waals surface area contributed by atoms with Crippen molar-refractivity contribution in [3.8, 4) is 0 Å². The Morgan fingerprint density at radius 3 is 2.38 bits per heavy atom. The predicted octanol–water partition coefficient (Wildman–Crippen LogP) is 4.76. The zero-order valence-corrected chi connectivity index (χ0v) is 19.3. The molecule has 0 N–H and O–H groups in total. The number of likely N-dealkylation sites (tertiary alicyclic amines) is 1. The highest BCUT2D eigenvalue weighted by molar-refractivity contribution is 7.86. The maximum absolute atomic E-state index is 12.6. The molecule has 1 aromatic carbocycles. The van der Waals surface area contributed by atoms with E-state index < -0.39 is 15.7 Å². The van der Waals surface area contributed by atoms with Crippen LogP contribution in [0.2, 0.25) is 0 Å². The van der Waals surface area contributed by atoms with Gasteiger partial charge in [0.1, 0.15) is 5.60 Å². The maximum Gasteiger partial charge on any atom is 0.410 e. The normalized spacial score (nSPS) is 20.7. The van der Waals surface area contributed by atoms with Gasteiger partial charge in [0, 0.05) is 12.6 Å². The molecule has 164 valence electrons. The van der Waals surface area contributed by atoms with Gasteiger partial charge >= 0.3 is 6.09 Å². The molecule has 0 saturated carbocycles. The van der Waals surface area contributed by atoms with Crippen LogP contribution in [-0.4, -0.2) is 44.2 Å². The van der Waals surface area contributed by atoms with Gasteiger partial charge in [-0.3, -0.25) is 4.18 Å². The van der Waals surface area contributed by atoms with Crippen LogP contribution < -0.4 is 0 Å². The van der Waals surface area contributed by atoms with E-state index >= 15 is 0 Å². The highest BCUT2D eigenvalue weighted by Gasteiger charge is 2.35. The maximum atomic E-state index is 12.6. The van der Waals surface area contributed by atoms with Gasteiger partial charge in [0.25, 0.3) is 10.1 Å². The van der Waals surface area contributed by atoms with E-state index in [1.807, 2.05) is 32.6 Å². The Bertz CT molecular complexity index is 780. The number of hydrogen-bond donors (Lipinski definition) is 0. The van der Waals surface area contributed by atoms with E-state index in [0.29, 0.717) is 24.8 Å². The lowest BCUT2D eigenvalue weighted by molar-refractivity contribution is -0.00371. The fraction of sp³-hybridized carbons (Fsp3) is 0.682. The molecule has 1 fully saturated rings. The lowest BCUT2D eigenvalue weighted by atomic mass is 9.84. The van der Waals surface area contributed by atoms with Crippen molar-refractivity contribution in [2.75, 3.05) is 13.2 Å². The third-order valence-electron chi connectivity index (χ3n) is 5.23. The van der Waals surface area contributed by atoms with Crippen molar-refractivity contribution in [1.29, 1.82) is 0 Å². The second kappa shape index (κ2) is 9.47. The van der Waals surface area contributed by atoms with Crippen molar-refractivity contribution in [3.05, 3.63) is 29.8 Å². The fourth-order valence-corrected chi connectivity index (χ4v) is 4.53. The van der Waals surface area contributed by atoms with Crippen molar-refractivity contribution < 1.29 is 22.1 Å². The van der Waals surface area contributed by atoms with Gasteiger partial charge in [-0.2, -0.15) is 8.42 Å². The standard InChI is InChI=1S/C22H35NO5S/c1-16(2)20-15-18(11-13-23(20)21(24)28-22(4,5)6)12-14-27-29(25,26)19-9-7-17(3)8-10-19/h7-10,16,18,20H,11-15H2,1-6H3/t18-,20?/m0/s1. The molecule has 0 spiro atoms. The molecule has 1 amide bonds. The molecule has 1 unspecified atom stereocenters. The molecular weight excluding hydrogens is 390 g/mol. The molecule has 2 atom stereocenters. The Hall–Kier alpha value is -1.60. The van der Waals surface area contributed by atoms with E-state index in [4.69, 9.17) is 8.92 Å². The number of carbonyl (C=O) groups is 1. The minimum Gasteiger partial charge on any atom is -0.444 e. The summed E-state index contributed by atoms with van der Waals surface area (Å²) in [5.74, 6) is 0.608. The first-order valence-electron chi connectivity index (χ1n) is 10.3. The van der Waals surface area contributed by atoms with Crippen molar-refractivity contribution >= 4 is 16.2 Å². The van der Waals surface area contributed by atoms with Crippen molar-refractivity contribution in [2.24, 2.45) is 11.8 Å². The molecule has 0 aromatic heterocycles. The van der Waals surface area contributed by atoms with Crippen LogP contribution in [0.5, 0.6) is 0 Å². The molecule has 1 aliphatic heterocycles. The summed E-state index contributed by atoms with van der Waals surface area (Å²) < 4.78 is 35.5. The first kappa shape index (κ1) is 23.7. The Morgan fingerprint density at radius 2 is 1.83 bits per heavy atom. The molecule has 0 bridgehead atoms. The molecule has 1 heterocycles. The molecule has 2 rings (SSSR count). The predicted molar refractivity (Wildman–Crippen MR) is 113 cm³/mol. The van der Waals surface area contributed by atoms with Crippen LogP contribution in [0, 0.1) is 18.8 Å². The van der Waals surface area contributed by atoms with Gasteiger partial charge < -0.3 is 9.64 Å². The topological polar surface area (TPSA) is 72.9 Å². The molecule has 1 saturated heterocycles. The molecule has 29 heavy (non-hydrogen) atoms. The summed E-state index contributed by atoms with van der Waals surface area (Å²) in [4.78, 5) is 14.6. The van der Waals surface area contributed by atoms with Crippen molar-refractivity contribution in [1.82, 2.24) is 4.90 Å². The van der Waals surface area contributed by atoms with Gasteiger partial charge in [0.15, 0.2) is 0 Å². The van der Waals surface area contributed by atoms with Crippen molar-refractivity contribution in [3.63, 3.8) is 0 Å². The molecule has 6 nitrogen and oxygen atoms in total. The number of piperidine rings is 1. The number of benzene rings is 1. The fourth-order valence-electron chi connectivity index (χ4n) is 3.61. The molecule has 0 aliphatic carbocycles. The van der Waals surface area contributed by atoms with E-state index in [0.717, 1.165) is 18.4 Å². The third-order valence-corrected chi connectivity index (χ3v) is 6.55. The summed E-state index contributed by atoms with van der Waals surface area (Å²) >= 11 is 0. The molecule has 7 heteroatoms. The summed E-state index contributed by atoms with van der Waals surface area (Å²) in [5, 5.41) is 0. The van der Waals surface area contributed by atoms with Crippen LogP contribution in [0.1, 0.15) is 59.4 Å². The Morgan fingerprint density at radius 1 is 1.21 bits per heavy atom. The average Bonchev–Trinajstić information content (AvgIpc) is 2.60. The first-order chi connectivity index (χ1) is 13.4. The Labute approximate surface area is 175 Å².